The van der Waals surface area contributed by atoms with E-state index in [9.17, 15) is 18.0 Å². The fourth-order valence-electron chi connectivity index (χ4n) is 2.81. The van der Waals surface area contributed by atoms with Gasteiger partial charge in [-0.3, -0.25) is 9.59 Å². The molecule has 136 valence electrons. The second-order valence-electron chi connectivity index (χ2n) is 6.46. The van der Waals surface area contributed by atoms with Crippen molar-refractivity contribution in [3.8, 4) is 0 Å². The largest absolute Gasteiger partial charge is 0.455 e. The third kappa shape index (κ3) is 5.02. The number of hydrogen-bond donors (Lipinski definition) is 2. The van der Waals surface area contributed by atoms with E-state index < -0.39 is 29.1 Å². The van der Waals surface area contributed by atoms with Gasteiger partial charge in [0.2, 0.25) is 10.0 Å². The van der Waals surface area contributed by atoms with Crippen molar-refractivity contribution in [2.24, 2.45) is 0 Å². The molecule has 2 aliphatic rings. The monoisotopic (exact) mass is 366 g/mol. The van der Waals surface area contributed by atoms with E-state index in [1.54, 1.807) is 12.1 Å². The van der Waals surface area contributed by atoms with Gasteiger partial charge in [-0.1, -0.05) is 6.07 Å². The van der Waals surface area contributed by atoms with Crippen LogP contribution in [0.4, 0.5) is 0 Å². The number of benzene rings is 1. The van der Waals surface area contributed by atoms with Gasteiger partial charge in [0.05, 0.1) is 4.90 Å². The summed E-state index contributed by atoms with van der Waals surface area (Å²) in [6.07, 6.45) is 5.91. The second-order valence-corrected chi connectivity index (χ2v) is 8.23. The van der Waals surface area contributed by atoms with Crippen LogP contribution in [0.25, 0.3) is 0 Å². The molecule has 0 radical (unpaired) electrons. The number of rotatable bonds is 7. The Hall–Kier alpha value is -1.93. The Morgan fingerprint density at radius 1 is 1.12 bits per heavy atom. The predicted octanol–water partition coefficient (Wildman–Crippen LogP) is 0.665. The minimum absolute atomic E-state index is 0.146. The topological polar surface area (TPSA) is 102 Å². The van der Waals surface area contributed by atoms with Crippen LogP contribution in [0, 0.1) is 0 Å². The van der Waals surface area contributed by atoms with Gasteiger partial charge in [-0.2, -0.15) is 4.72 Å². The molecule has 8 heteroatoms. The lowest BCUT2D eigenvalue weighted by Crippen LogP contribution is -2.34. The third-order valence-electron chi connectivity index (χ3n) is 4.34. The molecule has 1 aromatic carbocycles. The Balaban J connectivity index is 1.50. The Morgan fingerprint density at radius 2 is 1.84 bits per heavy atom. The summed E-state index contributed by atoms with van der Waals surface area (Å²) in [6, 6.07) is 5.25. The maximum absolute atomic E-state index is 12.3. The SMILES string of the molecule is O=C(COC(=O)CNS(=O)(=O)c1ccc2c(c1)CCCC2)NC1CC1. The second kappa shape index (κ2) is 7.53. The molecule has 7 nitrogen and oxygen atoms in total. The summed E-state index contributed by atoms with van der Waals surface area (Å²) >= 11 is 0. The van der Waals surface area contributed by atoms with Gasteiger partial charge in [0.15, 0.2) is 6.61 Å². The minimum atomic E-state index is -3.79. The van der Waals surface area contributed by atoms with E-state index in [1.165, 1.54) is 5.56 Å². The number of ether oxygens (including phenoxy) is 1. The van der Waals surface area contributed by atoms with Crippen molar-refractivity contribution < 1.29 is 22.7 Å². The Bertz CT molecular complexity index is 771. The zero-order valence-electron chi connectivity index (χ0n) is 13.9. The molecule has 0 saturated heterocycles. The number of hydrogen-bond acceptors (Lipinski definition) is 5. The summed E-state index contributed by atoms with van der Waals surface area (Å²) in [5.74, 6) is -1.15. The quantitative estimate of drug-likeness (QED) is 0.691. The van der Waals surface area contributed by atoms with E-state index in [4.69, 9.17) is 4.74 Å². The molecule has 25 heavy (non-hydrogen) atoms. The first-order valence-corrected chi connectivity index (χ1v) is 9.99. The first-order valence-electron chi connectivity index (χ1n) is 8.50. The molecule has 1 saturated carbocycles. The summed E-state index contributed by atoms with van der Waals surface area (Å²) in [7, 11) is -3.79. The molecule has 1 aromatic rings. The van der Waals surface area contributed by atoms with E-state index in [2.05, 4.69) is 10.0 Å². The van der Waals surface area contributed by atoms with Gasteiger partial charge < -0.3 is 10.1 Å². The number of esters is 1. The molecule has 2 N–H and O–H groups in total. The predicted molar refractivity (Wildman–Crippen MR) is 90.4 cm³/mol. The van der Waals surface area contributed by atoms with Crippen molar-refractivity contribution >= 4 is 21.9 Å². The molecule has 1 amide bonds. The molecule has 0 aliphatic heterocycles. The van der Waals surface area contributed by atoms with Gasteiger partial charge in [-0.25, -0.2) is 8.42 Å². The lowest BCUT2D eigenvalue weighted by Gasteiger charge is -2.16. The minimum Gasteiger partial charge on any atom is -0.455 e. The van der Waals surface area contributed by atoms with Gasteiger partial charge in [-0.05, 0) is 61.8 Å². The molecule has 0 bridgehead atoms. The highest BCUT2D eigenvalue weighted by Gasteiger charge is 2.24. The van der Waals surface area contributed by atoms with E-state index in [1.807, 2.05) is 6.07 Å². The fourth-order valence-corrected chi connectivity index (χ4v) is 3.83. The normalized spacial score (nSPS) is 16.8. The summed E-state index contributed by atoms with van der Waals surface area (Å²) in [5.41, 5.74) is 2.24. The standard InChI is InChI=1S/C17H22N2O5S/c20-16(19-14-6-7-14)11-24-17(21)10-18-25(22,23)15-8-5-12-3-1-2-4-13(12)9-15/h5,8-9,14,18H,1-4,6-7,10-11H2,(H,19,20). The average Bonchev–Trinajstić information content (AvgIpc) is 3.41. The zero-order valence-corrected chi connectivity index (χ0v) is 14.7. The molecule has 0 spiro atoms. The number of carbonyl (C=O) groups is 2. The van der Waals surface area contributed by atoms with Crippen molar-refractivity contribution in [2.75, 3.05) is 13.2 Å². The Kier molecular flexibility index (Phi) is 5.39. The van der Waals surface area contributed by atoms with Gasteiger partial charge in [0, 0.05) is 6.04 Å². The van der Waals surface area contributed by atoms with Crippen LogP contribution < -0.4 is 10.0 Å². The number of carbonyl (C=O) groups excluding carboxylic acids is 2. The Labute approximate surface area is 147 Å². The first kappa shape index (κ1) is 17.9. The van der Waals surface area contributed by atoms with E-state index in [0.717, 1.165) is 44.1 Å². The summed E-state index contributed by atoms with van der Waals surface area (Å²) in [6.45, 7) is -0.897. The molecule has 0 atom stereocenters. The highest BCUT2D eigenvalue weighted by Crippen LogP contribution is 2.24. The summed E-state index contributed by atoms with van der Waals surface area (Å²) in [4.78, 5) is 23.2. The van der Waals surface area contributed by atoms with Crippen LogP contribution in [0.2, 0.25) is 0 Å². The van der Waals surface area contributed by atoms with Gasteiger partial charge in [0.1, 0.15) is 6.54 Å². The van der Waals surface area contributed by atoms with Crippen LogP contribution in [0.5, 0.6) is 0 Å². The third-order valence-corrected chi connectivity index (χ3v) is 5.74. The molecule has 0 aromatic heterocycles. The summed E-state index contributed by atoms with van der Waals surface area (Å²) in [5, 5.41) is 2.68. The van der Waals surface area contributed by atoms with Gasteiger partial charge in [0.25, 0.3) is 5.91 Å². The summed E-state index contributed by atoms with van der Waals surface area (Å²) < 4.78 is 31.6. The van der Waals surface area contributed by atoms with Crippen LogP contribution in [-0.2, 0) is 37.2 Å². The lowest BCUT2D eigenvalue weighted by molar-refractivity contribution is -0.147. The molecule has 0 heterocycles. The maximum Gasteiger partial charge on any atom is 0.321 e. The van der Waals surface area contributed by atoms with E-state index in [-0.39, 0.29) is 16.8 Å². The van der Waals surface area contributed by atoms with Crippen molar-refractivity contribution in [1.29, 1.82) is 0 Å². The van der Waals surface area contributed by atoms with Crippen LogP contribution in [-0.4, -0.2) is 39.5 Å². The maximum atomic E-state index is 12.3. The lowest BCUT2D eigenvalue weighted by atomic mass is 9.92. The molecule has 2 aliphatic carbocycles. The molecule has 0 unspecified atom stereocenters. The number of fused-ring (bicyclic) bond motifs is 1. The van der Waals surface area contributed by atoms with Crippen molar-refractivity contribution in [3.05, 3.63) is 29.3 Å². The number of nitrogens with one attached hydrogen (secondary N) is 2. The smallest absolute Gasteiger partial charge is 0.321 e. The van der Waals surface area contributed by atoms with Crippen LogP contribution in [0.15, 0.2) is 23.1 Å². The van der Waals surface area contributed by atoms with Crippen LogP contribution in [0.1, 0.15) is 36.8 Å². The van der Waals surface area contributed by atoms with Crippen molar-refractivity contribution in [3.63, 3.8) is 0 Å². The molecule has 1 fully saturated rings. The highest BCUT2D eigenvalue weighted by atomic mass is 32.2. The number of sulfonamides is 1. The average molecular weight is 366 g/mol. The van der Waals surface area contributed by atoms with Crippen molar-refractivity contribution in [2.45, 2.75) is 49.5 Å². The first-order chi connectivity index (χ1) is 11.9. The van der Waals surface area contributed by atoms with E-state index >= 15 is 0 Å². The highest BCUT2D eigenvalue weighted by molar-refractivity contribution is 7.89. The van der Waals surface area contributed by atoms with Crippen molar-refractivity contribution in [1.82, 2.24) is 10.0 Å². The fraction of sp³-hybridized carbons (Fsp3) is 0.529. The molecular formula is C17H22N2O5S. The van der Waals surface area contributed by atoms with Crippen LogP contribution >= 0.6 is 0 Å². The number of amides is 1. The van der Waals surface area contributed by atoms with Gasteiger partial charge in [-0.15, -0.1) is 0 Å². The van der Waals surface area contributed by atoms with E-state index in [0.29, 0.717) is 0 Å². The molecule has 3 rings (SSSR count). The van der Waals surface area contributed by atoms with Gasteiger partial charge >= 0.3 is 5.97 Å². The number of aryl methyl sites for hydroxylation is 2. The zero-order chi connectivity index (χ0) is 17.9. The molecular weight excluding hydrogens is 344 g/mol. The van der Waals surface area contributed by atoms with Crippen LogP contribution in [0.3, 0.4) is 0 Å². The Morgan fingerprint density at radius 3 is 2.56 bits per heavy atom.